The molecule has 0 bridgehead atoms. The highest BCUT2D eigenvalue weighted by atomic mass is 16.7. The van der Waals surface area contributed by atoms with Crippen LogP contribution in [0.5, 0.6) is 11.5 Å². The first-order chi connectivity index (χ1) is 9.62. The van der Waals surface area contributed by atoms with E-state index in [1.54, 1.807) is 26.0 Å². The molecule has 0 aliphatic rings. The Bertz CT molecular complexity index is 469. The number of benzene rings is 1. The normalized spacial score (nSPS) is 9.75. The Labute approximate surface area is 117 Å². The minimum atomic E-state index is -1.04. The molecule has 0 heterocycles. The molecule has 1 aromatic carbocycles. The highest BCUT2D eigenvalue weighted by Gasteiger charge is 2.19. The third-order valence-corrected chi connectivity index (χ3v) is 2.22. The van der Waals surface area contributed by atoms with Crippen LogP contribution in [-0.2, 0) is 9.47 Å². The molecule has 0 aliphatic carbocycles. The highest BCUT2D eigenvalue weighted by Crippen LogP contribution is 2.25. The predicted molar refractivity (Wildman–Crippen MR) is 71.2 cm³/mol. The van der Waals surface area contributed by atoms with Crippen LogP contribution >= 0.6 is 0 Å². The van der Waals surface area contributed by atoms with Gasteiger partial charge in [0.15, 0.2) is 0 Å². The topological polar surface area (TPSA) is 71.1 Å². The fraction of sp³-hybridized carbons (Fsp3) is 0.429. The fourth-order valence-corrected chi connectivity index (χ4v) is 1.48. The van der Waals surface area contributed by atoms with Crippen molar-refractivity contribution in [3.63, 3.8) is 0 Å². The Morgan fingerprint density at radius 3 is 2.30 bits per heavy atom. The van der Waals surface area contributed by atoms with E-state index in [1.807, 2.05) is 6.92 Å². The highest BCUT2D eigenvalue weighted by molar-refractivity contribution is 5.98. The molecule has 1 aromatic rings. The Balaban J connectivity index is 2.95. The monoisotopic (exact) mass is 282 g/mol. The molecule has 20 heavy (non-hydrogen) atoms. The summed E-state index contributed by atoms with van der Waals surface area (Å²) in [7, 11) is 0. The van der Waals surface area contributed by atoms with Crippen molar-refractivity contribution in [2.75, 3.05) is 19.8 Å². The van der Waals surface area contributed by atoms with Crippen LogP contribution in [-0.4, -0.2) is 31.9 Å². The largest absolute Gasteiger partial charge is 0.516 e. The van der Waals surface area contributed by atoms with Crippen LogP contribution in [0.15, 0.2) is 18.2 Å². The molecule has 0 atom stereocenters. The molecule has 0 unspecified atom stereocenters. The third-order valence-electron chi connectivity index (χ3n) is 2.22. The minimum absolute atomic E-state index is 0.117. The minimum Gasteiger partial charge on any atom is -0.494 e. The number of ether oxygens (including phenoxy) is 4. The van der Waals surface area contributed by atoms with Gasteiger partial charge in [-0.05, 0) is 39.0 Å². The molecule has 110 valence electrons. The van der Waals surface area contributed by atoms with Gasteiger partial charge in [-0.2, -0.15) is 0 Å². The van der Waals surface area contributed by atoms with Gasteiger partial charge in [0.2, 0.25) is 0 Å². The van der Waals surface area contributed by atoms with Crippen molar-refractivity contribution in [3.05, 3.63) is 23.8 Å². The molecule has 0 saturated heterocycles. The lowest BCUT2D eigenvalue weighted by Crippen LogP contribution is -2.15. The van der Waals surface area contributed by atoms with Gasteiger partial charge < -0.3 is 18.9 Å². The van der Waals surface area contributed by atoms with Gasteiger partial charge in [-0.15, -0.1) is 0 Å². The van der Waals surface area contributed by atoms with E-state index in [4.69, 9.17) is 9.47 Å². The molecule has 0 aliphatic heterocycles. The van der Waals surface area contributed by atoms with Crippen LogP contribution < -0.4 is 9.47 Å². The molecule has 0 fully saturated rings. The van der Waals surface area contributed by atoms with Gasteiger partial charge >= 0.3 is 12.1 Å². The van der Waals surface area contributed by atoms with Crippen molar-refractivity contribution in [2.24, 2.45) is 0 Å². The first-order valence-electron chi connectivity index (χ1n) is 6.40. The Morgan fingerprint density at radius 2 is 1.70 bits per heavy atom. The van der Waals surface area contributed by atoms with Gasteiger partial charge in [-0.1, -0.05) is 0 Å². The van der Waals surface area contributed by atoms with E-state index in [9.17, 15) is 9.59 Å². The van der Waals surface area contributed by atoms with Gasteiger partial charge in [0, 0.05) is 0 Å². The summed E-state index contributed by atoms with van der Waals surface area (Å²) in [4.78, 5) is 23.1. The number of hydrogen-bond donors (Lipinski definition) is 0. The molecule has 0 saturated carbocycles. The molecule has 0 radical (unpaired) electrons. The van der Waals surface area contributed by atoms with Crippen molar-refractivity contribution in [2.45, 2.75) is 20.8 Å². The van der Waals surface area contributed by atoms with E-state index >= 15 is 0 Å². The Morgan fingerprint density at radius 1 is 1.00 bits per heavy atom. The average molecular weight is 282 g/mol. The number of esters is 1. The van der Waals surface area contributed by atoms with Crippen LogP contribution in [0.2, 0.25) is 0 Å². The van der Waals surface area contributed by atoms with Crippen molar-refractivity contribution < 1.29 is 28.5 Å². The standard InChI is InChI=1S/C14H18O6/c1-4-17-10-7-8-12(18-5-2)11(9-10)13(15)20-14(16)19-6-3/h7-9H,4-6H2,1-3H3. The zero-order chi connectivity index (χ0) is 15.0. The van der Waals surface area contributed by atoms with E-state index < -0.39 is 12.1 Å². The maximum atomic E-state index is 11.9. The number of rotatable bonds is 6. The van der Waals surface area contributed by atoms with Crippen molar-refractivity contribution in [1.29, 1.82) is 0 Å². The summed E-state index contributed by atoms with van der Waals surface area (Å²) in [5.41, 5.74) is 0.117. The number of carbonyl (C=O) groups excluding carboxylic acids is 2. The Hall–Kier alpha value is -2.24. The molecule has 0 aromatic heterocycles. The van der Waals surface area contributed by atoms with Gasteiger partial charge in [-0.3, -0.25) is 0 Å². The van der Waals surface area contributed by atoms with Gasteiger partial charge in [0.1, 0.15) is 17.1 Å². The van der Waals surface area contributed by atoms with E-state index in [1.165, 1.54) is 6.07 Å². The van der Waals surface area contributed by atoms with E-state index in [0.717, 1.165) is 0 Å². The summed E-state index contributed by atoms with van der Waals surface area (Å²) >= 11 is 0. The van der Waals surface area contributed by atoms with Crippen LogP contribution in [0.4, 0.5) is 4.79 Å². The van der Waals surface area contributed by atoms with Crippen LogP contribution in [0.1, 0.15) is 31.1 Å². The smallest absolute Gasteiger partial charge is 0.494 e. The van der Waals surface area contributed by atoms with Gasteiger partial charge in [0.05, 0.1) is 19.8 Å². The molecule has 1 rings (SSSR count). The molecule has 6 nitrogen and oxygen atoms in total. The van der Waals surface area contributed by atoms with Crippen LogP contribution in [0.3, 0.4) is 0 Å². The van der Waals surface area contributed by atoms with Crippen LogP contribution in [0.25, 0.3) is 0 Å². The average Bonchev–Trinajstić information content (AvgIpc) is 2.41. The molecule has 6 heteroatoms. The fourth-order valence-electron chi connectivity index (χ4n) is 1.48. The molecule has 0 amide bonds. The maximum Gasteiger partial charge on any atom is 0.516 e. The lowest BCUT2D eigenvalue weighted by Gasteiger charge is -2.11. The summed E-state index contributed by atoms with van der Waals surface area (Å²) < 4.78 is 19.7. The quantitative estimate of drug-likeness (QED) is 0.590. The SMILES string of the molecule is CCOC(=O)OC(=O)c1cc(OCC)ccc1OCC. The summed E-state index contributed by atoms with van der Waals surface area (Å²) in [6.07, 6.45) is -1.04. The lowest BCUT2D eigenvalue weighted by atomic mass is 10.2. The third kappa shape index (κ3) is 4.46. The zero-order valence-electron chi connectivity index (χ0n) is 11.8. The van der Waals surface area contributed by atoms with E-state index in [2.05, 4.69) is 9.47 Å². The first kappa shape index (κ1) is 15.8. The summed E-state index contributed by atoms with van der Waals surface area (Å²) in [6, 6.07) is 4.74. The molecule has 0 N–H and O–H groups in total. The summed E-state index contributed by atoms with van der Waals surface area (Å²) in [5, 5.41) is 0. The van der Waals surface area contributed by atoms with E-state index in [-0.39, 0.29) is 12.2 Å². The Kier molecular flexibility index (Phi) is 6.36. The summed E-state index contributed by atoms with van der Waals surface area (Å²) in [5.74, 6) is -0.0227. The van der Waals surface area contributed by atoms with Crippen molar-refractivity contribution >= 4 is 12.1 Å². The number of carbonyl (C=O) groups is 2. The predicted octanol–water partition coefficient (Wildman–Crippen LogP) is 2.80. The molecular weight excluding hydrogens is 264 g/mol. The van der Waals surface area contributed by atoms with Crippen molar-refractivity contribution in [1.82, 2.24) is 0 Å². The second kappa shape index (κ2) is 8.04. The lowest BCUT2D eigenvalue weighted by molar-refractivity contribution is 0.0398. The van der Waals surface area contributed by atoms with Crippen molar-refractivity contribution in [3.8, 4) is 11.5 Å². The van der Waals surface area contributed by atoms with E-state index in [0.29, 0.717) is 24.7 Å². The van der Waals surface area contributed by atoms with Gasteiger partial charge in [-0.25, -0.2) is 9.59 Å². The number of hydrogen-bond acceptors (Lipinski definition) is 6. The molecular formula is C14H18O6. The zero-order valence-corrected chi connectivity index (χ0v) is 11.8. The maximum absolute atomic E-state index is 11.9. The first-order valence-corrected chi connectivity index (χ1v) is 6.40. The second-order valence-corrected chi connectivity index (χ2v) is 3.60. The second-order valence-electron chi connectivity index (χ2n) is 3.60. The van der Waals surface area contributed by atoms with Crippen LogP contribution in [0, 0.1) is 0 Å². The summed E-state index contributed by atoms with van der Waals surface area (Å²) in [6.45, 7) is 6.20. The van der Waals surface area contributed by atoms with Gasteiger partial charge in [0.25, 0.3) is 0 Å². The molecule has 0 spiro atoms.